The molecule has 2 aromatic rings. The van der Waals surface area contributed by atoms with Gasteiger partial charge < -0.3 is 20.5 Å². The van der Waals surface area contributed by atoms with E-state index in [2.05, 4.69) is 5.32 Å². The van der Waals surface area contributed by atoms with Gasteiger partial charge in [0.2, 0.25) is 5.91 Å². The van der Waals surface area contributed by atoms with Crippen LogP contribution in [0.2, 0.25) is 0 Å². The fourth-order valence-corrected chi connectivity index (χ4v) is 3.23. The largest absolute Gasteiger partial charge is 0.494 e. The highest BCUT2D eigenvalue weighted by Crippen LogP contribution is 2.26. The van der Waals surface area contributed by atoms with Crippen LogP contribution in [-0.4, -0.2) is 31.3 Å². The summed E-state index contributed by atoms with van der Waals surface area (Å²) in [7, 11) is 0. The molecule has 0 spiro atoms. The summed E-state index contributed by atoms with van der Waals surface area (Å²) in [5.41, 5.74) is 7.68. The third kappa shape index (κ3) is 5.45. The summed E-state index contributed by atoms with van der Waals surface area (Å²) in [5.74, 6) is 0.725. The van der Waals surface area contributed by atoms with E-state index in [0.717, 1.165) is 23.3 Å². The Balaban J connectivity index is 0.00000261. The summed E-state index contributed by atoms with van der Waals surface area (Å²) in [6, 6.07) is 17.5. The number of halogens is 1. The SMILES string of the molecule is CCOc1ccc(C(NC(=O)[C@@H]2CC[C@H](CN)O2)c2ccccc2)cc1.Cl. The molecule has 1 amide bonds. The smallest absolute Gasteiger partial charge is 0.249 e. The lowest BCUT2D eigenvalue weighted by Gasteiger charge is -2.22. The predicted molar refractivity (Wildman–Crippen MR) is 108 cm³/mol. The van der Waals surface area contributed by atoms with Crippen molar-refractivity contribution in [3.63, 3.8) is 0 Å². The quantitative estimate of drug-likeness (QED) is 0.761. The van der Waals surface area contributed by atoms with Crippen LogP contribution in [0.25, 0.3) is 0 Å². The monoisotopic (exact) mass is 390 g/mol. The van der Waals surface area contributed by atoms with Crippen LogP contribution in [0, 0.1) is 0 Å². The average molecular weight is 391 g/mol. The first-order valence-corrected chi connectivity index (χ1v) is 9.15. The highest BCUT2D eigenvalue weighted by Gasteiger charge is 2.31. The fourth-order valence-electron chi connectivity index (χ4n) is 3.23. The van der Waals surface area contributed by atoms with E-state index >= 15 is 0 Å². The summed E-state index contributed by atoms with van der Waals surface area (Å²) in [5, 5.41) is 3.14. The molecular weight excluding hydrogens is 364 g/mol. The normalized spacial score (nSPS) is 19.8. The second-order valence-electron chi connectivity index (χ2n) is 6.41. The summed E-state index contributed by atoms with van der Waals surface area (Å²) in [6.07, 6.45) is 1.08. The summed E-state index contributed by atoms with van der Waals surface area (Å²) < 4.78 is 11.3. The molecule has 1 aliphatic rings. The number of carbonyl (C=O) groups excluding carboxylic acids is 1. The van der Waals surface area contributed by atoms with Crippen LogP contribution in [0.4, 0.5) is 0 Å². The summed E-state index contributed by atoms with van der Waals surface area (Å²) in [6.45, 7) is 3.03. The Kier molecular flexibility index (Phi) is 8.10. The Hall–Kier alpha value is -2.08. The van der Waals surface area contributed by atoms with Gasteiger partial charge >= 0.3 is 0 Å². The van der Waals surface area contributed by atoms with Crippen LogP contribution >= 0.6 is 12.4 Å². The van der Waals surface area contributed by atoms with E-state index in [9.17, 15) is 4.79 Å². The van der Waals surface area contributed by atoms with Crippen molar-refractivity contribution in [1.29, 1.82) is 0 Å². The van der Waals surface area contributed by atoms with E-state index in [1.165, 1.54) is 0 Å². The lowest BCUT2D eigenvalue weighted by Crippen LogP contribution is -2.38. The number of hydrogen-bond acceptors (Lipinski definition) is 4. The van der Waals surface area contributed by atoms with Gasteiger partial charge in [0, 0.05) is 6.54 Å². The molecule has 0 saturated carbocycles. The van der Waals surface area contributed by atoms with E-state index in [0.29, 0.717) is 19.6 Å². The van der Waals surface area contributed by atoms with Gasteiger partial charge in [0.05, 0.1) is 18.8 Å². The van der Waals surface area contributed by atoms with Gasteiger partial charge in [0.1, 0.15) is 11.9 Å². The van der Waals surface area contributed by atoms with E-state index in [-0.39, 0.29) is 30.5 Å². The zero-order chi connectivity index (χ0) is 18.4. The Morgan fingerprint density at radius 2 is 1.81 bits per heavy atom. The molecule has 2 aromatic carbocycles. The van der Waals surface area contributed by atoms with E-state index in [1.54, 1.807) is 0 Å². The Morgan fingerprint density at radius 3 is 2.41 bits per heavy atom. The number of hydrogen-bond donors (Lipinski definition) is 2. The third-order valence-corrected chi connectivity index (χ3v) is 4.61. The lowest BCUT2D eigenvalue weighted by molar-refractivity contribution is -0.132. The number of amides is 1. The minimum Gasteiger partial charge on any atom is -0.494 e. The van der Waals surface area contributed by atoms with Crippen molar-refractivity contribution in [3.8, 4) is 5.75 Å². The highest BCUT2D eigenvalue weighted by atomic mass is 35.5. The van der Waals surface area contributed by atoms with Crippen molar-refractivity contribution in [2.75, 3.05) is 13.2 Å². The molecule has 1 saturated heterocycles. The van der Waals surface area contributed by atoms with Crippen LogP contribution in [0.5, 0.6) is 5.75 Å². The molecule has 0 radical (unpaired) electrons. The standard InChI is InChI=1S/C21H26N2O3.ClH/c1-2-25-17-10-8-16(9-11-17)20(15-6-4-3-5-7-15)23-21(24)19-13-12-18(14-22)26-19;/h3-11,18-20H,2,12-14,22H2,1H3,(H,23,24);1H/t18-,19+,20?;/m1./s1. The molecule has 1 unspecified atom stereocenters. The van der Waals surface area contributed by atoms with Gasteiger partial charge in [0.25, 0.3) is 0 Å². The van der Waals surface area contributed by atoms with Crippen LogP contribution in [0.15, 0.2) is 54.6 Å². The minimum atomic E-state index is -0.433. The number of nitrogens with one attached hydrogen (secondary N) is 1. The molecule has 0 aliphatic carbocycles. The maximum Gasteiger partial charge on any atom is 0.249 e. The first-order chi connectivity index (χ1) is 12.7. The molecule has 3 rings (SSSR count). The molecule has 3 N–H and O–H groups in total. The second kappa shape index (κ2) is 10.3. The van der Waals surface area contributed by atoms with Gasteiger partial charge in [-0.15, -0.1) is 12.4 Å². The van der Waals surface area contributed by atoms with E-state index < -0.39 is 6.10 Å². The number of ether oxygens (including phenoxy) is 2. The second-order valence-corrected chi connectivity index (χ2v) is 6.41. The Bertz CT molecular complexity index is 709. The van der Waals surface area contributed by atoms with E-state index in [1.807, 2.05) is 61.5 Å². The lowest BCUT2D eigenvalue weighted by atomic mass is 9.98. The van der Waals surface area contributed by atoms with Gasteiger partial charge in [-0.1, -0.05) is 42.5 Å². The van der Waals surface area contributed by atoms with Crippen molar-refractivity contribution in [3.05, 3.63) is 65.7 Å². The molecule has 146 valence electrons. The number of benzene rings is 2. The van der Waals surface area contributed by atoms with E-state index in [4.69, 9.17) is 15.2 Å². The molecule has 1 aliphatic heterocycles. The van der Waals surface area contributed by atoms with Crippen molar-refractivity contribution >= 4 is 18.3 Å². The maximum absolute atomic E-state index is 12.7. The molecule has 6 heteroatoms. The summed E-state index contributed by atoms with van der Waals surface area (Å²) >= 11 is 0. The van der Waals surface area contributed by atoms with Crippen molar-refractivity contribution in [2.45, 2.75) is 38.0 Å². The molecule has 1 fully saturated rings. The zero-order valence-corrected chi connectivity index (χ0v) is 16.3. The first kappa shape index (κ1) is 21.2. The van der Waals surface area contributed by atoms with Gasteiger partial charge in [-0.3, -0.25) is 4.79 Å². The zero-order valence-electron chi connectivity index (χ0n) is 15.5. The molecule has 3 atom stereocenters. The van der Waals surface area contributed by atoms with Gasteiger partial charge in [-0.25, -0.2) is 0 Å². The Labute approximate surface area is 166 Å². The maximum atomic E-state index is 12.7. The highest BCUT2D eigenvalue weighted by molar-refractivity contribution is 5.85. The topological polar surface area (TPSA) is 73.6 Å². The molecule has 1 heterocycles. The number of rotatable bonds is 7. The van der Waals surface area contributed by atoms with Gasteiger partial charge in [-0.05, 0) is 43.0 Å². The minimum absolute atomic E-state index is 0. The number of nitrogens with two attached hydrogens (primary N) is 1. The van der Waals surface area contributed by atoms with Gasteiger partial charge in [-0.2, -0.15) is 0 Å². The first-order valence-electron chi connectivity index (χ1n) is 9.15. The van der Waals surface area contributed by atoms with Gasteiger partial charge in [0.15, 0.2) is 0 Å². The van der Waals surface area contributed by atoms with Crippen molar-refractivity contribution < 1.29 is 14.3 Å². The molecular formula is C21H27ClN2O3. The molecule has 5 nitrogen and oxygen atoms in total. The fraction of sp³-hybridized carbons (Fsp3) is 0.381. The summed E-state index contributed by atoms with van der Waals surface area (Å²) in [4.78, 5) is 12.7. The third-order valence-electron chi connectivity index (χ3n) is 4.61. The molecule has 27 heavy (non-hydrogen) atoms. The predicted octanol–water partition coefficient (Wildman–Crippen LogP) is 3.22. The molecule has 0 aromatic heterocycles. The van der Waals surface area contributed by atoms with Crippen LogP contribution in [0.1, 0.15) is 36.9 Å². The van der Waals surface area contributed by atoms with Crippen LogP contribution in [0.3, 0.4) is 0 Å². The average Bonchev–Trinajstić information content (AvgIpc) is 3.17. The van der Waals surface area contributed by atoms with Crippen molar-refractivity contribution in [1.82, 2.24) is 5.32 Å². The van der Waals surface area contributed by atoms with Crippen LogP contribution < -0.4 is 15.8 Å². The van der Waals surface area contributed by atoms with Crippen LogP contribution in [-0.2, 0) is 9.53 Å². The number of carbonyl (C=O) groups is 1. The molecule has 0 bridgehead atoms. The Morgan fingerprint density at radius 1 is 1.15 bits per heavy atom. The van der Waals surface area contributed by atoms with Crippen molar-refractivity contribution in [2.24, 2.45) is 5.73 Å².